The van der Waals surface area contributed by atoms with Crippen LogP contribution in [0.25, 0.3) is 0 Å². The fourth-order valence-electron chi connectivity index (χ4n) is 2.78. The lowest BCUT2D eigenvalue weighted by Gasteiger charge is -2.14. The molecule has 168 valence electrons. The lowest BCUT2D eigenvalue weighted by atomic mass is 10.2. The zero-order valence-electron chi connectivity index (χ0n) is 17.5. The first-order valence-corrected chi connectivity index (χ1v) is 9.65. The number of guanidine groups is 1. The van der Waals surface area contributed by atoms with Crippen LogP contribution < -0.4 is 20.1 Å². The molecule has 1 heterocycles. The fraction of sp³-hybridized carbons (Fsp3) is 0.500. The first-order valence-electron chi connectivity index (χ1n) is 9.65. The number of alkyl halides is 2. The van der Waals surface area contributed by atoms with Crippen molar-refractivity contribution in [1.29, 1.82) is 0 Å². The Balaban J connectivity index is 0.00000450. The van der Waals surface area contributed by atoms with Gasteiger partial charge in [0, 0.05) is 37.6 Å². The average molecular weight is 537 g/mol. The summed E-state index contributed by atoms with van der Waals surface area (Å²) in [4.78, 5) is 8.70. The molecule has 1 aromatic heterocycles. The number of methoxy groups -OCH3 is 1. The van der Waals surface area contributed by atoms with Gasteiger partial charge in [0.15, 0.2) is 5.96 Å². The van der Waals surface area contributed by atoms with Gasteiger partial charge in [0.05, 0.1) is 13.7 Å². The van der Waals surface area contributed by atoms with E-state index in [1.165, 1.54) is 13.2 Å². The van der Waals surface area contributed by atoms with Crippen LogP contribution in [-0.4, -0.2) is 42.3 Å². The summed E-state index contributed by atoms with van der Waals surface area (Å²) in [5.74, 6) is 2.28. The molecule has 1 aromatic carbocycles. The maximum Gasteiger partial charge on any atom is 0.387 e. The standard InChI is InChI=1S/C20H29F2N5O2.HI/c1-4-23-20(25-9-5-6-11-27-12-10-24-15(27)2)26-14-16-13-17(28-3)7-8-18(16)29-19(21)22;/h7-8,10,12-13,19H,4-6,9,11,14H2,1-3H3,(H2,23,25,26);1H. The van der Waals surface area contributed by atoms with Crippen LogP contribution >= 0.6 is 24.0 Å². The summed E-state index contributed by atoms with van der Waals surface area (Å²) in [7, 11) is 1.52. The molecule has 0 saturated heterocycles. The molecule has 0 amide bonds. The molecule has 0 atom stereocenters. The van der Waals surface area contributed by atoms with Crippen LogP contribution in [-0.2, 0) is 13.1 Å². The van der Waals surface area contributed by atoms with Gasteiger partial charge in [-0.3, -0.25) is 0 Å². The quantitative estimate of drug-likeness (QED) is 0.197. The largest absolute Gasteiger partial charge is 0.497 e. The number of nitrogens with one attached hydrogen (secondary N) is 2. The van der Waals surface area contributed by atoms with Crippen molar-refractivity contribution in [1.82, 2.24) is 20.2 Å². The number of halogens is 3. The van der Waals surface area contributed by atoms with Crippen LogP contribution in [0, 0.1) is 6.92 Å². The van der Waals surface area contributed by atoms with E-state index in [0.29, 0.717) is 23.8 Å². The van der Waals surface area contributed by atoms with Crippen LogP contribution in [0.3, 0.4) is 0 Å². The highest BCUT2D eigenvalue weighted by molar-refractivity contribution is 14.0. The van der Waals surface area contributed by atoms with E-state index in [1.807, 2.05) is 20.0 Å². The Morgan fingerprint density at radius 3 is 2.70 bits per heavy atom. The Bertz CT molecular complexity index is 786. The maximum absolute atomic E-state index is 12.6. The summed E-state index contributed by atoms with van der Waals surface area (Å²) < 4.78 is 37.2. The van der Waals surface area contributed by atoms with Crippen LogP contribution in [0.15, 0.2) is 35.6 Å². The molecule has 30 heavy (non-hydrogen) atoms. The van der Waals surface area contributed by atoms with Crippen LogP contribution in [0.4, 0.5) is 8.78 Å². The average Bonchev–Trinajstić information content (AvgIpc) is 3.11. The van der Waals surface area contributed by atoms with E-state index in [-0.39, 0.29) is 36.3 Å². The molecule has 2 aromatic rings. The molecule has 0 aliphatic heterocycles. The molecule has 2 rings (SSSR count). The van der Waals surface area contributed by atoms with Crippen molar-refractivity contribution in [2.45, 2.75) is 46.4 Å². The van der Waals surface area contributed by atoms with Gasteiger partial charge in [-0.05, 0) is 44.9 Å². The van der Waals surface area contributed by atoms with Crippen molar-refractivity contribution < 1.29 is 18.3 Å². The SMILES string of the molecule is CCNC(=NCc1cc(OC)ccc1OC(F)F)NCCCCn1ccnc1C.I. The normalized spacial score (nSPS) is 11.2. The van der Waals surface area contributed by atoms with Crippen molar-refractivity contribution >= 4 is 29.9 Å². The monoisotopic (exact) mass is 537 g/mol. The molecule has 0 fully saturated rings. The lowest BCUT2D eigenvalue weighted by molar-refractivity contribution is -0.0504. The minimum atomic E-state index is -2.89. The van der Waals surface area contributed by atoms with Crippen molar-refractivity contribution in [3.05, 3.63) is 42.0 Å². The summed E-state index contributed by atoms with van der Waals surface area (Å²) in [6, 6.07) is 4.70. The van der Waals surface area contributed by atoms with Crippen LogP contribution in [0.2, 0.25) is 0 Å². The third-order valence-electron chi connectivity index (χ3n) is 4.28. The highest BCUT2D eigenvalue weighted by Gasteiger charge is 2.11. The van der Waals surface area contributed by atoms with Gasteiger partial charge in [0.25, 0.3) is 0 Å². The van der Waals surface area contributed by atoms with Gasteiger partial charge in [-0.1, -0.05) is 0 Å². The zero-order valence-corrected chi connectivity index (χ0v) is 19.9. The molecule has 0 unspecified atom stereocenters. The predicted octanol–water partition coefficient (Wildman–Crippen LogP) is 3.96. The highest BCUT2D eigenvalue weighted by Crippen LogP contribution is 2.26. The number of imidazole rings is 1. The van der Waals surface area contributed by atoms with E-state index in [4.69, 9.17) is 4.74 Å². The summed E-state index contributed by atoms with van der Waals surface area (Å²) in [5.41, 5.74) is 0.525. The minimum absolute atomic E-state index is 0. The highest BCUT2D eigenvalue weighted by atomic mass is 127. The summed E-state index contributed by atoms with van der Waals surface area (Å²) in [6.45, 7) is 3.60. The Kier molecular flexibility index (Phi) is 12.1. The third-order valence-corrected chi connectivity index (χ3v) is 4.28. The first kappa shape index (κ1) is 25.9. The minimum Gasteiger partial charge on any atom is -0.497 e. The van der Waals surface area contributed by atoms with Gasteiger partial charge < -0.3 is 24.7 Å². The second-order valence-corrected chi connectivity index (χ2v) is 6.35. The number of hydrogen-bond donors (Lipinski definition) is 2. The molecule has 2 N–H and O–H groups in total. The van der Waals surface area contributed by atoms with Crippen LogP contribution in [0.5, 0.6) is 11.5 Å². The second kappa shape index (κ2) is 14.0. The topological polar surface area (TPSA) is 72.7 Å². The van der Waals surface area contributed by atoms with E-state index < -0.39 is 6.61 Å². The number of benzene rings is 1. The number of aliphatic imine (C=N–C) groups is 1. The lowest BCUT2D eigenvalue weighted by Crippen LogP contribution is -2.37. The molecular weight excluding hydrogens is 507 g/mol. The molecule has 10 heteroatoms. The molecule has 0 radical (unpaired) electrons. The number of aromatic nitrogens is 2. The Hall–Kier alpha value is -2.11. The summed E-state index contributed by atoms with van der Waals surface area (Å²) in [5, 5.41) is 6.43. The van der Waals surface area contributed by atoms with E-state index in [1.54, 1.807) is 18.3 Å². The second-order valence-electron chi connectivity index (χ2n) is 6.35. The van der Waals surface area contributed by atoms with E-state index in [0.717, 1.165) is 31.8 Å². The van der Waals surface area contributed by atoms with Gasteiger partial charge >= 0.3 is 6.61 Å². The third kappa shape index (κ3) is 8.72. The van der Waals surface area contributed by atoms with E-state index in [2.05, 4.69) is 29.9 Å². The number of hydrogen-bond acceptors (Lipinski definition) is 4. The molecule has 0 aliphatic rings. The van der Waals surface area contributed by atoms with Crippen molar-refractivity contribution in [3.63, 3.8) is 0 Å². The number of ether oxygens (including phenoxy) is 2. The number of nitrogens with zero attached hydrogens (tertiary/aromatic N) is 3. The summed E-state index contributed by atoms with van der Waals surface area (Å²) in [6.07, 6.45) is 5.74. The molecular formula is C20H30F2IN5O2. The van der Waals surface area contributed by atoms with E-state index >= 15 is 0 Å². The molecule has 0 spiro atoms. The van der Waals surface area contributed by atoms with Gasteiger partial charge in [-0.15, -0.1) is 24.0 Å². The van der Waals surface area contributed by atoms with Gasteiger partial charge in [-0.2, -0.15) is 8.78 Å². The first-order chi connectivity index (χ1) is 14.0. The van der Waals surface area contributed by atoms with Crippen molar-refractivity contribution in [2.24, 2.45) is 4.99 Å². The Morgan fingerprint density at radius 1 is 1.27 bits per heavy atom. The zero-order chi connectivity index (χ0) is 21.1. The Morgan fingerprint density at radius 2 is 2.07 bits per heavy atom. The molecule has 7 nitrogen and oxygen atoms in total. The van der Waals surface area contributed by atoms with Gasteiger partial charge in [0.1, 0.15) is 17.3 Å². The molecule has 0 saturated carbocycles. The number of unbranched alkanes of at least 4 members (excludes halogenated alkanes) is 1. The smallest absolute Gasteiger partial charge is 0.387 e. The molecule has 0 bridgehead atoms. The number of rotatable bonds is 11. The predicted molar refractivity (Wildman–Crippen MR) is 124 cm³/mol. The van der Waals surface area contributed by atoms with E-state index in [9.17, 15) is 8.78 Å². The maximum atomic E-state index is 12.6. The fourth-order valence-corrected chi connectivity index (χ4v) is 2.78. The summed E-state index contributed by atoms with van der Waals surface area (Å²) >= 11 is 0. The Labute approximate surface area is 193 Å². The number of aryl methyl sites for hydroxylation is 2. The van der Waals surface area contributed by atoms with Crippen molar-refractivity contribution in [2.75, 3.05) is 20.2 Å². The van der Waals surface area contributed by atoms with Crippen molar-refractivity contribution in [3.8, 4) is 11.5 Å². The van der Waals surface area contributed by atoms with Gasteiger partial charge in [-0.25, -0.2) is 9.98 Å². The van der Waals surface area contributed by atoms with Crippen LogP contribution in [0.1, 0.15) is 31.2 Å². The van der Waals surface area contributed by atoms with Gasteiger partial charge in [0.2, 0.25) is 0 Å². The molecule has 0 aliphatic carbocycles.